The quantitative estimate of drug-likeness (QED) is 0.194. The van der Waals surface area contributed by atoms with Gasteiger partial charge in [-0.1, -0.05) is 99.6 Å². The van der Waals surface area contributed by atoms with Crippen LogP contribution in [0.1, 0.15) is 70.4 Å². The third-order valence-electron chi connectivity index (χ3n) is 11.7. The standard InChI is InChI=1S/C44H43N/c1-43(2,3)37-23-34(32-13-16-36(17-14-32)44-26-29-19-30(27-44)21-31(20-29)28-44)22-35(24-37)33-15-18-42-40(25-33)39-11-7-8-12-41(39)45(42)38-9-5-4-6-10-38/h4-18,22-25,29-31H,19-21,26-28H2,1-3H3. The molecule has 0 aliphatic heterocycles. The molecule has 4 aliphatic carbocycles. The number of para-hydroxylation sites is 2. The molecule has 6 aromatic rings. The van der Waals surface area contributed by atoms with Crippen molar-refractivity contribution in [1.29, 1.82) is 0 Å². The van der Waals surface area contributed by atoms with Crippen molar-refractivity contribution in [1.82, 2.24) is 4.57 Å². The van der Waals surface area contributed by atoms with E-state index in [0.29, 0.717) is 5.41 Å². The number of benzene rings is 5. The van der Waals surface area contributed by atoms with Crippen molar-refractivity contribution in [2.75, 3.05) is 0 Å². The minimum Gasteiger partial charge on any atom is -0.309 e. The molecular formula is C44H43N. The van der Waals surface area contributed by atoms with Gasteiger partial charge in [0.2, 0.25) is 0 Å². The van der Waals surface area contributed by atoms with Crippen molar-refractivity contribution in [3.8, 4) is 27.9 Å². The van der Waals surface area contributed by atoms with Crippen molar-refractivity contribution in [2.24, 2.45) is 17.8 Å². The Balaban J connectivity index is 1.14. The second-order valence-electron chi connectivity index (χ2n) is 15.7. The molecule has 0 atom stereocenters. The van der Waals surface area contributed by atoms with Gasteiger partial charge < -0.3 is 4.57 Å². The van der Waals surface area contributed by atoms with Gasteiger partial charge in [-0.2, -0.15) is 0 Å². The molecule has 1 heteroatoms. The van der Waals surface area contributed by atoms with Crippen molar-refractivity contribution in [3.05, 3.63) is 126 Å². The van der Waals surface area contributed by atoms with Gasteiger partial charge in [0.05, 0.1) is 11.0 Å². The average Bonchev–Trinajstić information content (AvgIpc) is 3.38. The van der Waals surface area contributed by atoms with E-state index in [-0.39, 0.29) is 5.41 Å². The normalized spacial score (nSPS) is 24.1. The molecule has 4 bridgehead atoms. The Morgan fingerprint density at radius 1 is 0.533 bits per heavy atom. The zero-order valence-corrected chi connectivity index (χ0v) is 26.9. The maximum absolute atomic E-state index is 2.50. The van der Waals surface area contributed by atoms with Crippen molar-refractivity contribution < 1.29 is 0 Å². The Bertz CT molecular complexity index is 2020. The van der Waals surface area contributed by atoms with Gasteiger partial charge in [-0.3, -0.25) is 0 Å². The number of rotatable bonds is 4. The van der Waals surface area contributed by atoms with Crippen LogP contribution in [0.15, 0.2) is 115 Å². The molecular weight excluding hydrogens is 542 g/mol. The summed E-state index contributed by atoms with van der Waals surface area (Å²) >= 11 is 0. The van der Waals surface area contributed by atoms with Crippen LogP contribution in [0.2, 0.25) is 0 Å². The van der Waals surface area contributed by atoms with Gasteiger partial charge in [-0.05, 0) is 137 Å². The molecule has 0 unspecified atom stereocenters. The fraction of sp³-hybridized carbons (Fsp3) is 0.318. The second kappa shape index (κ2) is 9.95. The Kier molecular flexibility index (Phi) is 6.02. The van der Waals surface area contributed by atoms with Crippen LogP contribution in [-0.4, -0.2) is 4.57 Å². The smallest absolute Gasteiger partial charge is 0.0541 e. The lowest BCUT2D eigenvalue weighted by Gasteiger charge is -2.57. The van der Waals surface area contributed by atoms with Crippen molar-refractivity contribution in [3.63, 3.8) is 0 Å². The average molecular weight is 586 g/mol. The first-order valence-corrected chi connectivity index (χ1v) is 17.2. The van der Waals surface area contributed by atoms with Crippen LogP contribution < -0.4 is 0 Å². The molecule has 10 rings (SSSR count). The zero-order chi connectivity index (χ0) is 30.3. The van der Waals surface area contributed by atoms with E-state index in [2.05, 4.69) is 141 Å². The van der Waals surface area contributed by atoms with E-state index in [9.17, 15) is 0 Å². The van der Waals surface area contributed by atoms with E-state index in [1.807, 2.05) is 0 Å². The van der Waals surface area contributed by atoms with Gasteiger partial charge in [0.15, 0.2) is 0 Å². The second-order valence-corrected chi connectivity index (χ2v) is 15.7. The summed E-state index contributed by atoms with van der Waals surface area (Å²) in [6.07, 6.45) is 8.76. The predicted molar refractivity (Wildman–Crippen MR) is 190 cm³/mol. The maximum Gasteiger partial charge on any atom is 0.0541 e. The van der Waals surface area contributed by atoms with E-state index in [1.54, 1.807) is 5.56 Å². The third-order valence-corrected chi connectivity index (χ3v) is 11.7. The molecule has 0 N–H and O–H groups in total. The van der Waals surface area contributed by atoms with Crippen LogP contribution in [-0.2, 0) is 10.8 Å². The van der Waals surface area contributed by atoms with Gasteiger partial charge in [0, 0.05) is 16.5 Å². The molecule has 4 aliphatic rings. The largest absolute Gasteiger partial charge is 0.309 e. The van der Waals surface area contributed by atoms with Gasteiger partial charge >= 0.3 is 0 Å². The first-order chi connectivity index (χ1) is 21.8. The number of hydrogen-bond donors (Lipinski definition) is 0. The topological polar surface area (TPSA) is 4.93 Å². The molecule has 224 valence electrons. The highest BCUT2D eigenvalue weighted by Crippen LogP contribution is 2.60. The molecule has 45 heavy (non-hydrogen) atoms. The Labute approximate surface area is 267 Å². The molecule has 4 fully saturated rings. The number of fused-ring (bicyclic) bond motifs is 3. The summed E-state index contributed by atoms with van der Waals surface area (Å²) in [5, 5.41) is 2.60. The van der Waals surface area contributed by atoms with Gasteiger partial charge in [-0.15, -0.1) is 0 Å². The highest BCUT2D eigenvalue weighted by Gasteiger charge is 2.51. The van der Waals surface area contributed by atoms with Crippen LogP contribution in [0.4, 0.5) is 0 Å². The van der Waals surface area contributed by atoms with E-state index >= 15 is 0 Å². The maximum atomic E-state index is 2.50. The summed E-state index contributed by atoms with van der Waals surface area (Å²) in [5.74, 6) is 2.92. The molecule has 0 radical (unpaired) electrons. The molecule has 0 spiro atoms. The van der Waals surface area contributed by atoms with E-state index in [4.69, 9.17) is 0 Å². The molecule has 1 nitrogen and oxygen atoms in total. The monoisotopic (exact) mass is 585 g/mol. The van der Waals surface area contributed by atoms with E-state index < -0.39 is 0 Å². The fourth-order valence-corrected chi connectivity index (χ4v) is 9.88. The summed E-state index contributed by atoms with van der Waals surface area (Å²) in [6, 6.07) is 43.7. The Morgan fingerprint density at radius 2 is 1.11 bits per heavy atom. The SMILES string of the molecule is CC(C)(C)c1cc(-c2ccc(C34CC5CC(CC(C5)C3)C4)cc2)cc(-c2ccc3c(c2)c2ccccc2n3-c2ccccc2)c1. The summed E-state index contributed by atoms with van der Waals surface area (Å²) in [6.45, 7) is 7.01. The highest BCUT2D eigenvalue weighted by atomic mass is 15.0. The minimum atomic E-state index is 0.0529. The minimum absolute atomic E-state index is 0.0529. The van der Waals surface area contributed by atoms with Crippen LogP contribution in [0.3, 0.4) is 0 Å². The lowest BCUT2D eigenvalue weighted by Crippen LogP contribution is -2.48. The summed E-state index contributed by atoms with van der Waals surface area (Å²) < 4.78 is 2.40. The summed E-state index contributed by atoms with van der Waals surface area (Å²) in [4.78, 5) is 0. The Morgan fingerprint density at radius 3 is 1.78 bits per heavy atom. The Hall–Kier alpha value is -4.10. The number of nitrogens with zero attached hydrogens (tertiary/aromatic N) is 1. The number of hydrogen-bond acceptors (Lipinski definition) is 0. The van der Waals surface area contributed by atoms with Crippen molar-refractivity contribution in [2.45, 2.75) is 70.1 Å². The first-order valence-electron chi connectivity index (χ1n) is 17.2. The first kappa shape index (κ1) is 27.2. The van der Waals surface area contributed by atoms with Gasteiger partial charge in [0.1, 0.15) is 0 Å². The summed E-state index contributed by atoms with van der Waals surface area (Å²) in [5.41, 5.74) is 12.4. The molecule has 1 heterocycles. The number of aromatic nitrogens is 1. The highest BCUT2D eigenvalue weighted by molar-refractivity contribution is 6.10. The van der Waals surface area contributed by atoms with Crippen LogP contribution in [0, 0.1) is 17.8 Å². The molecule has 0 saturated heterocycles. The van der Waals surface area contributed by atoms with Crippen LogP contribution in [0.5, 0.6) is 0 Å². The van der Waals surface area contributed by atoms with E-state index in [1.165, 1.54) is 93.8 Å². The fourth-order valence-electron chi connectivity index (χ4n) is 9.88. The van der Waals surface area contributed by atoms with Gasteiger partial charge in [-0.25, -0.2) is 0 Å². The summed E-state index contributed by atoms with van der Waals surface area (Å²) in [7, 11) is 0. The molecule has 0 amide bonds. The molecule has 4 saturated carbocycles. The third kappa shape index (κ3) is 4.50. The van der Waals surface area contributed by atoms with Crippen LogP contribution in [0.25, 0.3) is 49.7 Å². The zero-order valence-electron chi connectivity index (χ0n) is 26.9. The lowest BCUT2D eigenvalue weighted by atomic mass is 9.48. The van der Waals surface area contributed by atoms with Gasteiger partial charge in [0.25, 0.3) is 0 Å². The van der Waals surface area contributed by atoms with E-state index in [0.717, 1.165) is 17.8 Å². The predicted octanol–water partition coefficient (Wildman–Crippen LogP) is 11.9. The van der Waals surface area contributed by atoms with Crippen molar-refractivity contribution >= 4 is 21.8 Å². The molecule has 1 aromatic heterocycles. The lowest BCUT2D eigenvalue weighted by molar-refractivity contribution is -0.00518. The van der Waals surface area contributed by atoms with Crippen LogP contribution >= 0.6 is 0 Å². The molecule has 5 aromatic carbocycles.